The molecule has 1 aromatic carbocycles. The van der Waals surface area contributed by atoms with Gasteiger partial charge in [0.25, 0.3) is 0 Å². The molecule has 1 atom stereocenters. The van der Waals surface area contributed by atoms with Gasteiger partial charge in [0.1, 0.15) is 6.29 Å². The molecule has 0 amide bonds. The molecule has 2 rings (SSSR count). The van der Waals surface area contributed by atoms with E-state index in [0.29, 0.717) is 22.5 Å². The standard InChI is InChI=1S/C11H9F3OS/c12-11(13,14)8-2-1-3-9-10(8)7(4-5-15)6-16-9/h1-3,5,7H,4,6H2. The zero-order valence-corrected chi connectivity index (χ0v) is 9.07. The lowest BCUT2D eigenvalue weighted by molar-refractivity contribution is -0.138. The minimum absolute atomic E-state index is 0.160. The van der Waals surface area contributed by atoms with Crippen LogP contribution in [0.1, 0.15) is 23.5 Å². The van der Waals surface area contributed by atoms with Crippen LogP contribution < -0.4 is 0 Å². The Morgan fingerprint density at radius 2 is 2.19 bits per heavy atom. The van der Waals surface area contributed by atoms with Gasteiger partial charge in [0.05, 0.1) is 5.56 Å². The van der Waals surface area contributed by atoms with Gasteiger partial charge in [-0.05, 0) is 17.7 Å². The van der Waals surface area contributed by atoms with Crippen molar-refractivity contribution in [3.63, 3.8) is 0 Å². The van der Waals surface area contributed by atoms with E-state index in [1.165, 1.54) is 17.8 Å². The highest BCUT2D eigenvalue weighted by Gasteiger charge is 2.38. The molecule has 0 aliphatic carbocycles. The first-order valence-corrected chi connectivity index (χ1v) is 5.79. The maximum absolute atomic E-state index is 12.8. The molecule has 86 valence electrons. The topological polar surface area (TPSA) is 17.1 Å². The summed E-state index contributed by atoms with van der Waals surface area (Å²) < 4.78 is 38.3. The maximum Gasteiger partial charge on any atom is 0.416 e. The fourth-order valence-electron chi connectivity index (χ4n) is 1.91. The summed E-state index contributed by atoms with van der Waals surface area (Å²) in [5.74, 6) is 0.261. The minimum atomic E-state index is -4.34. The monoisotopic (exact) mass is 246 g/mol. The molecule has 1 heterocycles. The first kappa shape index (κ1) is 11.5. The zero-order valence-electron chi connectivity index (χ0n) is 8.25. The number of carbonyl (C=O) groups excluding carboxylic acids is 1. The number of alkyl halides is 3. The summed E-state index contributed by atoms with van der Waals surface area (Å²) in [5.41, 5.74) is -0.297. The van der Waals surface area contributed by atoms with Crippen LogP contribution in [0.2, 0.25) is 0 Å². The van der Waals surface area contributed by atoms with Crippen molar-refractivity contribution in [1.82, 2.24) is 0 Å². The van der Waals surface area contributed by atoms with E-state index in [2.05, 4.69) is 0 Å². The fraction of sp³-hybridized carbons (Fsp3) is 0.364. The van der Waals surface area contributed by atoms with E-state index < -0.39 is 11.7 Å². The Morgan fingerprint density at radius 1 is 1.44 bits per heavy atom. The average Bonchev–Trinajstić information content (AvgIpc) is 2.61. The summed E-state index contributed by atoms with van der Waals surface area (Å²) in [6, 6.07) is 4.18. The van der Waals surface area contributed by atoms with Crippen molar-refractivity contribution in [2.45, 2.75) is 23.4 Å². The van der Waals surface area contributed by atoms with Gasteiger partial charge in [-0.1, -0.05) is 6.07 Å². The van der Waals surface area contributed by atoms with Gasteiger partial charge < -0.3 is 4.79 Å². The molecule has 5 heteroatoms. The van der Waals surface area contributed by atoms with Gasteiger partial charge in [-0.15, -0.1) is 11.8 Å². The third kappa shape index (κ3) is 1.96. The summed E-state index contributed by atoms with van der Waals surface area (Å²) in [4.78, 5) is 11.1. The molecule has 1 aliphatic heterocycles. The first-order chi connectivity index (χ1) is 7.54. The van der Waals surface area contributed by atoms with Crippen molar-refractivity contribution in [3.05, 3.63) is 29.3 Å². The van der Waals surface area contributed by atoms with E-state index in [1.807, 2.05) is 0 Å². The largest absolute Gasteiger partial charge is 0.416 e. The summed E-state index contributed by atoms with van der Waals surface area (Å²) >= 11 is 1.39. The molecule has 1 nitrogen and oxygen atoms in total. The number of hydrogen-bond donors (Lipinski definition) is 0. The van der Waals surface area contributed by atoms with Crippen molar-refractivity contribution in [2.75, 3.05) is 5.75 Å². The van der Waals surface area contributed by atoms with Crippen LogP contribution in [-0.4, -0.2) is 12.0 Å². The van der Waals surface area contributed by atoms with Crippen molar-refractivity contribution < 1.29 is 18.0 Å². The molecule has 0 aromatic heterocycles. The Bertz CT molecular complexity index is 414. The van der Waals surface area contributed by atoms with Gasteiger partial charge in [0, 0.05) is 23.0 Å². The van der Waals surface area contributed by atoms with Crippen LogP contribution in [0.3, 0.4) is 0 Å². The lowest BCUT2D eigenvalue weighted by Gasteiger charge is -2.15. The van der Waals surface area contributed by atoms with Crippen LogP contribution in [0.4, 0.5) is 13.2 Å². The molecule has 0 saturated heterocycles. The van der Waals surface area contributed by atoms with Crippen LogP contribution in [0.15, 0.2) is 23.1 Å². The molecule has 0 fully saturated rings. The highest BCUT2D eigenvalue weighted by Crippen LogP contribution is 2.46. The zero-order chi connectivity index (χ0) is 11.8. The normalized spacial score (nSPS) is 19.6. The fourth-order valence-corrected chi connectivity index (χ4v) is 3.20. The lowest BCUT2D eigenvalue weighted by Crippen LogP contribution is -2.11. The van der Waals surface area contributed by atoms with Crippen LogP contribution >= 0.6 is 11.8 Å². The van der Waals surface area contributed by atoms with E-state index in [9.17, 15) is 18.0 Å². The number of aldehydes is 1. The van der Waals surface area contributed by atoms with Crippen molar-refractivity contribution in [2.24, 2.45) is 0 Å². The van der Waals surface area contributed by atoms with E-state index in [1.54, 1.807) is 6.07 Å². The number of rotatable bonds is 2. The average molecular weight is 246 g/mol. The second-order valence-electron chi connectivity index (χ2n) is 3.63. The molecule has 1 aliphatic rings. The minimum Gasteiger partial charge on any atom is -0.303 e. The molecule has 1 aromatic rings. The van der Waals surface area contributed by atoms with Crippen molar-refractivity contribution in [1.29, 1.82) is 0 Å². The quantitative estimate of drug-likeness (QED) is 0.743. The maximum atomic E-state index is 12.8. The van der Waals surface area contributed by atoms with Gasteiger partial charge in [0.15, 0.2) is 0 Å². The number of benzene rings is 1. The Kier molecular flexibility index (Phi) is 2.97. The Hall–Kier alpha value is -0.970. The molecule has 0 N–H and O–H groups in total. The van der Waals surface area contributed by atoms with Crippen LogP contribution in [0.5, 0.6) is 0 Å². The first-order valence-electron chi connectivity index (χ1n) is 4.80. The smallest absolute Gasteiger partial charge is 0.303 e. The van der Waals surface area contributed by atoms with Gasteiger partial charge >= 0.3 is 6.18 Å². The second kappa shape index (κ2) is 4.13. The van der Waals surface area contributed by atoms with Gasteiger partial charge in [-0.2, -0.15) is 13.2 Å². The summed E-state index contributed by atoms with van der Waals surface area (Å²) in [6.07, 6.45) is -3.49. The molecule has 16 heavy (non-hydrogen) atoms. The molecule has 0 saturated carbocycles. The summed E-state index contributed by atoms with van der Waals surface area (Å²) in [7, 11) is 0. The summed E-state index contributed by atoms with van der Waals surface area (Å²) in [6.45, 7) is 0. The Balaban J connectivity index is 2.49. The van der Waals surface area contributed by atoms with Crippen molar-refractivity contribution in [3.8, 4) is 0 Å². The Labute approximate surface area is 95.0 Å². The number of carbonyl (C=O) groups is 1. The third-order valence-electron chi connectivity index (χ3n) is 2.60. The predicted octanol–water partition coefficient (Wildman–Crippen LogP) is 3.48. The third-order valence-corrected chi connectivity index (χ3v) is 3.84. The number of thioether (sulfide) groups is 1. The van der Waals surface area contributed by atoms with E-state index >= 15 is 0 Å². The molecule has 0 spiro atoms. The van der Waals surface area contributed by atoms with Crippen LogP contribution in [0, 0.1) is 0 Å². The number of fused-ring (bicyclic) bond motifs is 1. The highest BCUT2D eigenvalue weighted by atomic mass is 32.2. The molecular formula is C11H9F3OS. The molecule has 0 bridgehead atoms. The SMILES string of the molecule is O=CCC1CSc2cccc(C(F)(F)F)c21. The van der Waals surface area contributed by atoms with Gasteiger partial charge in [-0.3, -0.25) is 0 Å². The summed E-state index contributed by atoms with van der Waals surface area (Å²) in [5, 5.41) is 0. The van der Waals surface area contributed by atoms with Crippen molar-refractivity contribution >= 4 is 18.0 Å². The molecule has 0 radical (unpaired) electrons. The van der Waals surface area contributed by atoms with E-state index in [4.69, 9.17) is 0 Å². The van der Waals surface area contributed by atoms with Crippen LogP contribution in [0.25, 0.3) is 0 Å². The van der Waals surface area contributed by atoms with Gasteiger partial charge in [0.2, 0.25) is 0 Å². The molecular weight excluding hydrogens is 237 g/mol. The second-order valence-corrected chi connectivity index (χ2v) is 4.69. The van der Waals surface area contributed by atoms with E-state index in [-0.39, 0.29) is 12.3 Å². The van der Waals surface area contributed by atoms with Crippen LogP contribution in [-0.2, 0) is 11.0 Å². The lowest BCUT2D eigenvalue weighted by atomic mass is 9.93. The highest BCUT2D eigenvalue weighted by molar-refractivity contribution is 7.99. The number of hydrogen-bond acceptors (Lipinski definition) is 2. The Morgan fingerprint density at radius 3 is 2.81 bits per heavy atom. The predicted molar refractivity (Wildman–Crippen MR) is 55.6 cm³/mol. The molecule has 1 unspecified atom stereocenters. The van der Waals surface area contributed by atoms with Gasteiger partial charge in [-0.25, -0.2) is 0 Å². The number of halogens is 3. The van der Waals surface area contributed by atoms with E-state index in [0.717, 1.165) is 6.07 Å².